The van der Waals surface area contributed by atoms with Crippen LogP contribution >= 0.6 is 0 Å². The molecule has 2 amide bonds. The minimum absolute atomic E-state index is 0.127. The molecule has 0 aliphatic carbocycles. The highest BCUT2D eigenvalue weighted by atomic mass is 16.2. The predicted octanol–water partition coefficient (Wildman–Crippen LogP) is 1.93. The number of nitrogen functional groups attached to an aromatic ring is 1. The summed E-state index contributed by atoms with van der Waals surface area (Å²) in [6.45, 7) is 3.73. The molecule has 0 radical (unpaired) electrons. The lowest BCUT2D eigenvalue weighted by atomic mass is 10.0. The van der Waals surface area contributed by atoms with Crippen molar-refractivity contribution in [1.29, 1.82) is 0 Å². The normalized spacial score (nSPS) is 16.5. The highest BCUT2D eigenvalue weighted by Gasteiger charge is 2.29. The van der Waals surface area contributed by atoms with Gasteiger partial charge in [0.25, 0.3) is 0 Å². The summed E-state index contributed by atoms with van der Waals surface area (Å²) in [5, 5.41) is 0. The monoisotopic (exact) mass is 232 g/mol. The van der Waals surface area contributed by atoms with Crippen molar-refractivity contribution in [3.05, 3.63) is 23.3 Å². The fourth-order valence-corrected chi connectivity index (χ4v) is 2.20. The van der Waals surface area contributed by atoms with Crippen molar-refractivity contribution in [3.63, 3.8) is 0 Å². The lowest BCUT2D eigenvalue weighted by Gasteiger charge is -2.28. The molecule has 2 rings (SSSR count). The molecule has 2 N–H and O–H groups in total. The van der Waals surface area contributed by atoms with Gasteiger partial charge in [-0.2, -0.15) is 0 Å². The van der Waals surface area contributed by atoms with Gasteiger partial charge in [0.1, 0.15) is 0 Å². The number of imide groups is 1. The minimum atomic E-state index is -0.127. The van der Waals surface area contributed by atoms with E-state index < -0.39 is 0 Å². The van der Waals surface area contributed by atoms with Gasteiger partial charge in [-0.15, -0.1) is 0 Å². The van der Waals surface area contributed by atoms with E-state index in [9.17, 15) is 9.59 Å². The van der Waals surface area contributed by atoms with E-state index >= 15 is 0 Å². The zero-order chi connectivity index (χ0) is 12.6. The summed E-state index contributed by atoms with van der Waals surface area (Å²) in [6.07, 6.45) is 1.51. The molecule has 4 heteroatoms. The first-order valence-electron chi connectivity index (χ1n) is 5.74. The van der Waals surface area contributed by atoms with E-state index in [1.807, 2.05) is 19.9 Å². The van der Waals surface area contributed by atoms with Gasteiger partial charge in [0.05, 0.1) is 5.69 Å². The van der Waals surface area contributed by atoms with E-state index in [2.05, 4.69) is 0 Å². The molecule has 0 aromatic heterocycles. The Bertz CT molecular complexity index is 478. The van der Waals surface area contributed by atoms with Gasteiger partial charge in [-0.1, -0.05) is 6.07 Å². The van der Waals surface area contributed by atoms with Crippen LogP contribution in [-0.2, 0) is 9.59 Å². The van der Waals surface area contributed by atoms with Gasteiger partial charge in [0, 0.05) is 18.5 Å². The SMILES string of the molecule is Cc1ccc(N)c(C)c1N1C(=O)CCCC1=O. The molecule has 1 fully saturated rings. The number of hydrogen-bond donors (Lipinski definition) is 1. The van der Waals surface area contributed by atoms with E-state index in [1.54, 1.807) is 6.07 Å². The Kier molecular flexibility index (Phi) is 2.88. The van der Waals surface area contributed by atoms with Crippen molar-refractivity contribution in [2.45, 2.75) is 33.1 Å². The van der Waals surface area contributed by atoms with Crippen LogP contribution in [0.4, 0.5) is 11.4 Å². The van der Waals surface area contributed by atoms with Crippen LogP contribution in [-0.4, -0.2) is 11.8 Å². The zero-order valence-electron chi connectivity index (χ0n) is 10.1. The van der Waals surface area contributed by atoms with Crippen LogP contribution in [0.15, 0.2) is 12.1 Å². The van der Waals surface area contributed by atoms with Crippen LogP contribution in [0, 0.1) is 13.8 Å². The Hall–Kier alpha value is -1.84. The number of nitrogens with two attached hydrogens (primary N) is 1. The quantitative estimate of drug-likeness (QED) is 0.594. The number of aryl methyl sites for hydroxylation is 1. The third-order valence-electron chi connectivity index (χ3n) is 3.18. The Morgan fingerprint density at radius 3 is 2.29 bits per heavy atom. The van der Waals surface area contributed by atoms with Crippen molar-refractivity contribution in [2.24, 2.45) is 0 Å². The number of amides is 2. The molecule has 0 bridgehead atoms. The molecule has 1 aliphatic heterocycles. The molecule has 1 aromatic carbocycles. The molecule has 0 saturated carbocycles. The van der Waals surface area contributed by atoms with E-state index in [1.165, 1.54) is 4.90 Å². The first-order chi connectivity index (χ1) is 8.02. The summed E-state index contributed by atoms with van der Waals surface area (Å²) in [6, 6.07) is 3.64. The lowest BCUT2D eigenvalue weighted by molar-refractivity contribution is -0.129. The van der Waals surface area contributed by atoms with Crippen LogP contribution in [0.1, 0.15) is 30.4 Å². The number of piperidine rings is 1. The molecule has 17 heavy (non-hydrogen) atoms. The van der Waals surface area contributed by atoms with Crippen molar-refractivity contribution in [2.75, 3.05) is 10.6 Å². The first-order valence-corrected chi connectivity index (χ1v) is 5.74. The van der Waals surface area contributed by atoms with Crippen molar-refractivity contribution >= 4 is 23.2 Å². The third kappa shape index (κ3) is 1.90. The number of benzene rings is 1. The minimum Gasteiger partial charge on any atom is -0.398 e. The van der Waals surface area contributed by atoms with Gasteiger partial charge in [-0.25, -0.2) is 4.90 Å². The average molecular weight is 232 g/mol. The molecule has 0 spiro atoms. The molecule has 1 saturated heterocycles. The second-order valence-electron chi connectivity index (χ2n) is 4.42. The lowest BCUT2D eigenvalue weighted by Crippen LogP contribution is -2.41. The molecule has 1 aromatic rings. The largest absolute Gasteiger partial charge is 0.398 e. The fraction of sp³-hybridized carbons (Fsp3) is 0.385. The summed E-state index contributed by atoms with van der Waals surface area (Å²) in [4.78, 5) is 25.1. The number of carbonyl (C=O) groups excluding carboxylic acids is 2. The molecule has 90 valence electrons. The molecule has 4 nitrogen and oxygen atoms in total. The van der Waals surface area contributed by atoms with Crippen LogP contribution < -0.4 is 10.6 Å². The van der Waals surface area contributed by atoms with E-state index in [-0.39, 0.29) is 11.8 Å². The smallest absolute Gasteiger partial charge is 0.233 e. The highest BCUT2D eigenvalue weighted by Crippen LogP contribution is 2.31. The maximum atomic E-state index is 11.9. The molecular formula is C13H16N2O2. The average Bonchev–Trinajstić information content (AvgIpc) is 2.28. The number of hydrogen-bond acceptors (Lipinski definition) is 3. The van der Waals surface area contributed by atoms with Gasteiger partial charge in [-0.05, 0) is 37.5 Å². The summed E-state index contributed by atoms with van der Waals surface area (Å²) in [7, 11) is 0. The first kappa shape index (κ1) is 11.6. The highest BCUT2D eigenvalue weighted by molar-refractivity contribution is 6.17. The number of carbonyl (C=O) groups is 2. The van der Waals surface area contributed by atoms with Crippen molar-refractivity contribution in [3.8, 4) is 0 Å². The molecular weight excluding hydrogens is 216 g/mol. The summed E-state index contributed by atoms with van der Waals surface area (Å²) in [5.74, 6) is -0.254. The molecule has 1 heterocycles. The summed E-state index contributed by atoms with van der Waals surface area (Å²) in [5.41, 5.74) is 8.82. The van der Waals surface area contributed by atoms with Crippen LogP contribution in [0.2, 0.25) is 0 Å². The predicted molar refractivity (Wildman–Crippen MR) is 66.7 cm³/mol. The second-order valence-corrected chi connectivity index (χ2v) is 4.42. The maximum Gasteiger partial charge on any atom is 0.233 e. The Labute approximate surface area is 100 Å². The van der Waals surface area contributed by atoms with E-state index in [4.69, 9.17) is 5.73 Å². The van der Waals surface area contributed by atoms with Gasteiger partial charge in [-0.3, -0.25) is 9.59 Å². The topological polar surface area (TPSA) is 63.4 Å². The summed E-state index contributed by atoms with van der Waals surface area (Å²) < 4.78 is 0. The van der Waals surface area contributed by atoms with Gasteiger partial charge in [0.2, 0.25) is 11.8 Å². The van der Waals surface area contributed by atoms with E-state index in [0.717, 1.165) is 11.1 Å². The second kappa shape index (κ2) is 4.20. The summed E-state index contributed by atoms with van der Waals surface area (Å²) >= 11 is 0. The van der Waals surface area contributed by atoms with Crippen LogP contribution in [0.5, 0.6) is 0 Å². The molecule has 0 unspecified atom stereocenters. The Morgan fingerprint density at radius 2 is 1.71 bits per heavy atom. The van der Waals surface area contributed by atoms with Crippen molar-refractivity contribution < 1.29 is 9.59 Å². The van der Waals surface area contributed by atoms with Gasteiger partial charge < -0.3 is 5.73 Å². The van der Waals surface area contributed by atoms with Gasteiger partial charge >= 0.3 is 0 Å². The zero-order valence-corrected chi connectivity index (χ0v) is 10.1. The fourth-order valence-electron chi connectivity index (χ4n) is 2.20. The Balaban J connectivity index is 2.55. The van der Waals surface area contributed by atoms with E-state index in [0.29, 0.717) is 30.6 Å². The number of nitrogens with zero attached hydrogens (tertiary/aromatic N) is 1. The van der Waals surface area contributed by atoms with Crippen molar-refractivity contribution in [1.82, 2.24) is 0 Å². The maximum absolute atomic E-state index is 11.9. The molecule has 0 atom stereocenters. The molecule has 1 aliphatic rings. The van der Waals surface area contributed by atoms with Crippen LogP contribution in [0.3, 0.4) is 0 Å². The third-order valence-corrected chi connectivity index (χ3v) is 3.18. The Morgan fingerprint density at radius 1 is 1.12 bits per heavy atom. The standard InChI is InChI=1S/C13H16N2O2/c1-8-6-7-10(14)9(2)13(8)15-11(16)4-3-5-12(15)17/h6-7H,3-5,14H2,1-2H3. The number of anilines is 2. The van der Waals surface area contributed by atoms with Crippen LogP contribution in [0.25, 0.3) is 0 Å². The number of rotatable bonds is 1. The van der Waals surface area contributed by atoms with Gasteiger partial charge in [0.15, 0.2) is 0 Å².